The van der Waals surface area contributed by atoms with Gasteiger partial charge in [-0.15, -0.1) is 16.4 Å². The Morgan fingerprint density at radius 3 is 2.77 bits per heavy atom. The number of rotatable bonds is 4. The van der Waals surface area contributed by atoms with Crippen molar-refractivity contribution < 1.29 is 14.4 Å². The fourth-order valence-corrected chi connectivity index (χ4v) is 10.3. The summed E-state index contributed by atoms with van der Waals surface area (Å²) in [7, 11) is 0. The quantitative estimate of drug-likeness (QED) is 0.314. The zero-order valence-electron chi connectivity index (χ0n) is 27.1. The van der Waals surface area contributed by atoms with Crippen molar-refractivity contribution in [1.29, 1.82) is 5.26 Å². The molecule has 4 aromatic heterocycles. The minimum Gasteiger partial charge on any atom is -0.474 e. The highest BCUT2D eigenvalue weighted by Crippen LogP contribution is 2.55. The van der Waals surface area contributed by atoms with Gasteiger partial charge in [0.05, 0.1) is 28.7 Å². The maximum Gasteiger partial charge on any atom is 0.246 e. The molecule has 7 heterocycles. The molecule has 3 aliphatic heterocycles. The molecule has 13 heteroatoms. The van der Waals surface area contributed by atoms with Gasteiger partial charge in [-0.2, -0.15) is 5.26 Å². The summed E-state index contributed by atoms with van der Waals surface area (Å²) in [5.41, 5.74) is 9.15. The first-order chi connectivity index (χ1) is 22.8. The molecule has 9 rings (SSSR count). The first kappa shape index (κ1) is 29.4. The Morgan fingerprint density at radius 2 is 1.96 bits per heavy atom. The average molecular weight is 656 g/mol. The molecular formula is C34H41N9O3S. The van der Waals surface area contributed by atoms with Crippen molar-refractivity contribution in [2.75, 3.05) is 43.4 Å². The summed E-state index contributed by atoms with van der Waals surface area (Å²) < 4.78 is 14.8. The summed E-state index contributed by atoms with van der Waals surface area (Å²) in [6, 6.07) is 2.54. The molecule has 0 unspecified atom stereocenters. The van der Waals surface area contributed by atoms with E-state index in [1.54, 1.807) is 11.3 Å². The number of hydrogen-bond acceptors (Lipinski definition) is 12. The third kappa shape index (κ3) is 4.44. The van der Waals surface area contributed by atoms with Gasteiger partial charge in [-0.3, -0.25) is 0 Å². The Labute approximate surface area is 277 Å². The number of ether oxygens (including phenoxy) is 1. The first-order valence-corrected chi connectivity index (χ1v) is 18.0. The van der Waals surface area contributed by atoms with E-state index in [2.05, 4.69) is 22.8 Å². The molecule has 246 valence electrons. The van der Waals surface area contributed by atoms with Crippen LogP contribution >= 0.6 is 11.3 Å². The van der Waals surface area contributed by atoms with Crippen LogP contribution in [0.5, 0.6) is 5.88 Å². The Kier molecular flexibility index (Phi) is 6.66. The Morgan fingerprint density at radius 1 is 1.15 bits per heavy atom. The van der Waals surface area contributed by atoms with Gasteiger partial charge in [0, 0.05) is 23.5 Å². The van der Waals surface area contributed by atoms with Gasteiger partial charge in [-0.05, 0) is 96.7 Å². The van der Waals surface area contributed by atoms with E-state index in [1.807, 2.05) is 11.6 Å². The van der Waals surface area contributed by atoms with E-state index in [9.17, 15) is 10.4 Å². The highest BCUT2D eigenvalue weighted by Gasteiger charge is 2.49. The van der Waals surface area contributed by atoms with Gasteiger partial charge in [0.2, 0.25) is 5.88 Å². The van der Waals surface area contributed by atoms with Crippen LogP contribution in [0.1, 0.15) is 98.6 Å². The number of likely N-dealkylation sites (tertiary alicyclic amines) is 1. The van der Waals surface area contributed by atoms with Gasteiger partial charge >= 0.3 is 0 Å². The van der Waals surface area contributed by atoms with Crippen molar-refractivity contribution in [3.05, 3.63) is 27.3 Å². The summed E-state index contributed by atoms with van der Waals surface area (Å²) in [5.74, 6) is 2.63. The molecule has 0 radical (unpaired) electrons. The highest BCUT2D eigenvalue weighted by atomic mass is 32.1. The van der Waals surface area contributed by atoms with Gasteiger partial charge in [-0.25, -0.2) is 14.6 Å². The van der Waals surface area contributed by atoms with Gasteiger partial charge < -0.3 is 29.9 Å². The molecule has 4 aromatic rings. The second kappa shape index (κ2) is 10.6. The summed E-state index contributed by atoms with van der Waals surface area (Å²) in [6.45, 7) is 8.08. The largest absolute Gasteiger partial charge is 0.474 e. The number of anilines is 2. The molecular weight excluding hydrogens is 615 g/mol. The van der Waals surface area contributed by atoms with E-state index in [0.29, 0.717) is 47.5 Å². The summed E-state index contributed by atoms with van der Waals surface area (Å²) in [5, 5.41) is 32.5. The third-order valence-electron chi connectivity index (χ3n) is 11.4. The minimum atomic E-state index is -0.851. The lowest BCUT2D eigenvalue weighted by Gasteiger charge is -2.42. The number of nitrogen functional groups attached to an aromatic ring is 1. The molecule has 0 amide bonds. The SMILES string of the molecule is C[C@@H](CN1CCCC1)n1nc2c3c(nc(-c4noc5c4CCC[C@@]54CCCc5sc(N)c(C#N)c54)nc31)N1C[C@](C)(O)CC[C@@H]1CO2. The Bertz CT molecular complexity index is 1930. The van der Waals surface area contributed by atoms with E-state index < -0.39 is 11.0 Å². The Balaban J connectivity index is 1.22. The fourth-order valence-electron chi connectivity index (χ4n) is 9.15. The van der Waals surface area contributed by atoms with E-state index >= 15 is 0 Å². The molecule has 12 nitrogen and oxygen atoms in total. The number of fused-ring (bicyclic) bond motifs is 6. The van der Waals surface area contributed by atoms with Crippen LogP contribution in [-0.4, -0.2) is 79.3 Å². The molecule has 1 spiro atoms. The lowest BCUT2D eigenvalue weighted by Crippen LogP contribution is -2.53. The predicted molar refractivity (Wildman–Crippen MR) is 178 cm³/mol. The number of aliphatic hydroxyl groups is 1. The van der Waals surface area contributed by atoms with E-state index in [4.69, 9.17) is 35.2 Å². The maximum atomic E-state index is 11.2. The van der Waals surface area contributed by atoms with Crippen LogP contribution in [0, 0.1) is 11.3 Å². The summed E-state index contributed by atoms with van der Waals surface area (Å²) in [4.78, 5) is 16.4. The number of nitrogens with two attached hydrogens (primary N) is 1. The number of hydrogen-bond donors (Lipinski definition) is 2. The van der Waals surface area contributed by atoms with E-state index in [1.165, 1.54) is 17.7 Å². The van der Waals surface area contributed by atoms with Gasteiger partial charge in [0.15, 0.2) is 22.9 Å². The highest BCUT2D eigenvalue weighted by molar-refractivity contribution is 7.16. The molecule has 47 heavy (non-hydrogen) atoms. The van der Waals surface area contributed by atoms with Crippen LogP contribution in [0.4, 0.5) is 10.8 Å². The van der Waals surface area contributed by atoms with E-state index in [0.717, 1.165) is 98.3 Å². The molecule has 0 bridgehead atoms. The summed E-state index contributed by atoms with van der Waals surface area (Å²) in [6.07, 6.45) is 9.39. The number of piperidine rings is 1. The lowest BCUT2D eigenvalue weighted by atomic mass is 9.63. The standard InChI is InChI=1S/C34H41N9O3S/c1-19(16-41-13-3-4-14-41)43-31-24-30(42-18-33(2,44)12-9-20(42)17-45-32(24)39-43)37-29(38-31)26-21-7-5-10-34(27(21)46-40-26)11-6-8-23-25(34)22(15-35)28(36)47-23/h19-20,44H,3-14,16-18,36H2,1-2H3/t19-,20+,33+,34-/m0/s1. The molecule has 2 fully saturated rings. The van der Waals surface area contributed by atoms with Crippen LogP contribution in [0.25, 0.3) is 22.6 Å². The van der Waals surface area contributed by atoms with Crippen molar-refractivity contribution >= 4 is 33.2 Å². The Hall–Kier alpha value is -3.73. The normalized spacial score (nSPS) is 27.6. The molecule has 4 atom stereocenters. The summed E-state index contributed by atoms with van der Waals surface area (Å²) >= 11 is 1.55. The zero-order chi connectivity index (χ0) is 32.1. The first-order valence-electron chi connectivity index (χ1n) is 17.2. The number of aromatic nitrogens is 5. The monoisotopic (exact) mass is 655 g/mol. The van der Waals surface area contributed by atoms with Crippen LogP contribution < -0.4 is 15.4 Å². The zero-order valence-corrected chi connectivity index (χ0v) is 27.9. The number of aryl methyl sites for hydroxylation is 1. The molecule has 2 saturated heterocycles. The van der Waals surface area contributed by atoms with Crippen LogP contribution in [0.3, 0.4) is 0 Å². The number of thiophene rings is 1. The number of nitrogens with zero attached hydrogens (tertiary/aromatic N) is 8. The van der Waals surface area contributed by atoms with Crippen molar-refractivity contribution in [2.24, 2.45) is 0 Å². The topological polar surface area (TPSA) is 155 Å². The van der Waals surface area contributed by atoms with Crippen LogP contribution in [0.2, 0.25) is 0 Å². The average Bonchev–Trinajstić information content (AvgIpc) is 3.84. The van der Waals surface area contributed by atoms with Gasteiger partial charge in [-0.1, -0.05) is 5.16 Å². The van der Waals surface area contributed by atoms with Gasteiger partial charge in [0.1, 0.15) is 28.9 Å². The molecule has 3 N–H and O–H groups in total. The fraction of sp³-hybridized carbons (Fsp3) is 0.618. The molecule has 5 aliphatic rings. The smallest absolute Gasteiger partial charge is 0.246 e. The van der Waals surface area contributed by atoms with Crippen molar-refractivity contribution in [3.8, 4) is 23.5 Å². The van der Waals surface area contributed by atoms with E-state index in [-0.39, 0.29) is 12.1 Å². The maximum absolute atomic E-state index is 11.2. The lowest BCUT2D eigenvalue weighted by molar-refractivity contribution is 0.0321. The van der Waals surface area contributed by atoms with Gasteiger partial charge in [0.25, 0.3) is 0 Å². The van der Waals surface area contributed by atoms with Crippen molar-refractivity contribution in [2.45, 2.75) is 101 Å². The predicted octanol–water partition coefficient (Wildman–Crippen LogP) is 4.72. The molecule has 2 aliphatic carbocycles. The van der Waals surface area contributed by atoms with Crippen LogP contribution in [-0.2, 0) is 18.3 Å². The minimum absolute atomic E-state index is 0.0619. The number of nitriles is 1. The third-order valence-corrected chi connectivity index (χ3v) is 12.4. The molecule has 0 saturated carbocycles. The van der Waals surface area contributed by atoms with Crippen LogP contribution in [0.15, 0.2) is 4.52 Å². The second-order valence-corrected chi connectivity index (χ2v) is 15.8. The second-order valence-electron chi connectivity index (χ2n) is 14.7. The van der Waals surface area contributed by atoms with Crippen molar-refractivity contribution in [1.82, 2.24) is 29.8 Å². The van der Waals surface area contributed by atoms with Crippen molar-refractivity contribution in [3.63, 3.8) is 0 Å². The molecule has 0 aromatic carbocycles.